The van der Waals surface area contributed by atoms with E-state index in [0.29, 0.717) is 23.7 Å². The molecule has 1 aliphatic carbocycles. The van der Waals surface area contributed by atoms with E-state index in [0.717, 1.165) is 29.7 Å². The van der Waals surface area contributed by atoms with Crippen molar-refractivity contribution in [3.8, 4) is 11.5 Å². The van der Waals surface area contributed by atoms with Gasteiger partial charge in [0.2, 0.25) is 0 Å². The van der Waals surface area contributed by atoms with Crippen LogP contribution in [0, 0.1) is 0 Å². The monoisotopic (exact) mass is 465 g/mol. The van der Waals surface area contributed by atoms with Gasteiger partial charge in [-0.25, -0.2) is 0 Å². The third-order valence-electron chi connectivity index (χ3n) is 5.67. The second-order valence-electron chi connectivity index (χ2n) is 8.14. The van der Waals surface area contributed by atoms with Crippen molar-refractivity contribution in [2.24, 2.45) is 0 Å². The topological polar surface area (TPSA) is 65.5 Å². The summed E-state index contributed by atoms with van der Waals surface area (Å²) in [5, 5.41) is 0. The number of methoxy groups -OCH3 is 1. The molecule has 0 atom stereocenters. The van der Waals surface area contributed by atoms with Crippen molar-refractivity contribution < 1.29 is 19.1 Å². The van der Waals surface area contributed by atoms with Gasteiger partial charge in [0.25, 0.3) is 0 Å². The van der Waals surface area contributed by atoms with Crippen molar-refractivity contribution in [3.05, 3.63) is 114 Å². The Morgan fingerprint density at radius 3 is 2.57 bits per heavy atom. The number of hydrogen-bond acceptors (Lipinski definition) is 5. The molecule has 176 valence electrons. The average Bonchev–Trinajstić information content (AvgIpc) is 2.90. The highest BCUT2D eigenvalue weighted by Gasteiger charge is 2.11. The van der Waals surface area contributed by atoms with Crippen LogP contribution in [0.2, 0.25) is 0 Å². The molecule has 1 aliphatic rings. The van der Waals surface area contributed by atoms with Gasteiger partial charge in [0.15, 0.2) is 11.6 Å². The minimum atomic E-state index is -0.278. The number of pyridine rings is 1. The third-order valence-corrected chi connectivity index (χ3v) is 5.67. The zero-order chi connectivity index (χ0) is 24.5. The van der Waals surface area contributed by atoms with Crippen LogP contribution in [0.1, 0.15) is 35.2 Å². The highest BCUT2D eigenvalue weighted by molar-refractivity contribution is 6.10. The first-order chi connectivity index (χ1) is 17.1. The molecule has 0 saturated heterocycles. The smallest absolute Gasteiger partial charge is 0.163 e. The molecule has 0 spiro atoms. The van der Waals surface area contributed by atoms with Crippen molar-refractivity contribution in [3.63, 3.8) is 0 Å². The van der Waals surface area contributed by atoms with Gasteiger partial charge in [0.05, 0.1) is 19.2 Å². The molecule has 5 heteroatoms. The summed E-state index contributed by atoms with van der Waals surface area (Å²) in [6.45, 7) is 0.330. The van der Waals surface area contributed by atoms with E-state index in [4.69, 9.17) is 9.47 Å². The molecular formula is C30H27NO4. The van der Waals surface area contributed by atoms with Crippen LogP contribution in [0.5, 0.6) is 11.5 Å². The van der Waals surface area contributed by atoms with E-state index < -0.39 is 0 Å². The summed E-state index contributed by atoms with van der Waals surface area (Å²) >= 11 is 0. The second kappa shape index (κ2) is 11.7. The van der Waals surface area contributed by atoms with Crippen LogP contribution in [0.3, 0.4) is 0 Å². The van der Waals surface area contributed by atoms with E-state index in [9.17, 15) is 9.59 Å². The summed E-state index contributed by atoms with van der Waals surface area (Å²) in [4.78, 5) is 29.1. The summed E-state index contributed by atoms with van der Waals surface area (Å²) in [7, 11) is 1.56. The van der Waals surface area contributed by atoms with Crippen molar-refractivity contribution in [1.82, 2.24) is 4.98 Å². The van der Waals surface area contributed by atoms with Gasteiger partial charge in [0, 0.05) is 11.8 Å². The molecule has 4 rings (SSSR count). The summed E-state index contributed by atoms with van der Waals surface area (Å²) in [5.41, 5.74) is 4.95. The largest absolute Gasteiger partial charge is 0.496 e. The Kier molecular flexibility index (Phi) is 8.02. The lowest BCUT2D eigenvalue weighted by molar-refractivity contribution is -0.121. The average molecular weight is 466 g/mol. The predicted molar refractivity (Wildman–Crippen MR) is 137 cm³/mol. The molecule has 1 heterocycles. The van der Waals surface area contributed by atoms with E-state index in [1.165, 1.54) is 17.7 Å². The van der Waals surface area contributed by atoms with Crippen molar-refractivity contribution in [2.75, 3.05) is 7.11 Å². The number of carbonyl (C=O) groups excluding carboxylic acids is 2. The molecule has 0 fully saturated rings. The van der Waals surface area contributed by atoms with E-state index in [1.54, 1.807) is 37.6 Å². The lowest BCUT2D eigenvalue weighted by atomic mass is 9.90. The maximum absolute atomic E-state index is 12.4. The lowest BCUT2D eigenvalue weighted by Crippen LogP contribution is -2.03. The van der Waals surface area contributed by atoms with Gasteiger partial charge in [0.1, 0.15) is 18.1 Å². The quantitative estimate of drug-likeness (QED) is 0.280. The Morgan fingerprint density at radius 1 is 0.971 bits per heavy atom. The fourth-order valence-corrected chi connectivity index (χ4v) is 3.90. The zero-order valence-corrected chi connectivity index (χ0v) is 19.6. The van der Waals surface area contributed by atoms with Gasteiger partial charge < -0.3 is 9.47 Å². The van der Waals surface area contributed by atoms with Crippen LogP contribution < -0.4 is 9.47 Å². The SMILES string of the molecule is COc1ccc(OCc2ccccn2)cc1/C=C/C(=O)CC(=O)/C=C/C1=CCCc2ccccc21. The summed E-state index contributed by atoms with van der Waals surface area (Å²) in [6, 6.07) is 19.2. The molecule has 0 radical (unpaired) electrons. The van der Waals surface area contributed by atoms with Crippen LogP contribution in [-0.4, -0.2) is 23.7 Å². The van der Waals surface area contributed by atoms with E-state index in [1.807, 2.05) is 36.4 Å². The van der Waals surface area contributed by atoms with Crippen molar-refractivity contribution in [2.45, 2.75) is 25.9 Å². The van der Waals surface area contributed by atoms with E-state index in [-0.39, 0.29) is 18.0 Å². The number of hydrogen-bond donors (Lipinski definition) is 0. The number of nitrogens with zero attached hydrogens (tertiary/aromatic N) is 1. The normalized spacial score (nSPS) is 12.9. The van der Waals surface area contributed by atoms with Crippen LogP contribution >= 0.6 is 0 Å². The molecular weight excluding hydrogens is 438 g/mol. The molecule has 5 nitrogen and oxygen atoms in total. The van der Waals surface area contributed by atoms with Crippen LogP contribution in [0.4, 0.5) is 0 Å². The highest BCUT2D eigenvalue weighted by Crippen LogP contribution is 2.27. The van der Waals surface area contributed by atoms with Crippen molar-refractivity contribution >= 4 is 23.2 Å². The first-order valence-corrected chi connectivity index (χ1v) is 11.5. The highest BCUT2D eigenvalue weighted by atomic mass is 16.5. The van der Waals surface area contributed by atoms with Crippen LogP contribution in [0.25, 0.3) is 11.6 Å². The molecule has 35 heavy (non-hydrogen) atoms. The Bertz CT molecular complexity index is 1290. The lowest BCUT2D eigenvalue weighted by Gasteiger charge is -2.14. The molecule has 0 unspecified atom stereocenters. The standard InChI is InChI=1S/C30H27NO4/c1-34-30-17-16-28(35-21-25-10-4-5-18-31-25)19-24(30)13-15-27(33)20-26(32)14-12-23-9-6-8-22-7-2-3-11-29(22)23/h2-5,7,9-19H,6,8,20-21H2,1H3/b14-12+,15-13+. The molecule has 0 saturated carbocycles. The number of benzene rings is 2. The van der Waals surface area contributed by atoms with Gasteiger partial charge in [-0.2, -0.15) is 0 Å². The number of aromatic nitrogens is 1. The molecule has 0 N–H and O–H groups in total. The molecule has 0 aliphatic heterocycles. The van der Waals surface area contributed by atoms with Gasteiger partial charge in [-0.3, -0.25) is 14.6 Å². The first kappa shape index (κ1) is 23.9. The maximum Gasteiger partial charge on any atom is 0.163 e. The van der Waals surface area contributed by atoms with Crippen LogP contribution in [-0.2, 0) is 22.6 Å². The van der Waals surface area contributed by atoms with E-state index in [2.05, 4.69) is 23.2 Å². The minimum absolute atomic E-state index is 0.194. The zero-order valence-electron chi connectivity index (χ0n) is 19.6. The Hall–Kier alpha value is -4.25. The maximum atomic E-state index is 12.4. The first-order valence-electron chi connectivity index (χ1n) is 11.5. The fourth-order valence-electron chi connectivity index (χ4n) is 3.90. The molecule has 1 aromatic heterocycles. The number of carbonyl (C=O) groups is 2. The third kappa shape index (κ3) is 6.64. The number of rotatable bonds is 10. The van der Waals surface area contributed by atoms with Crippen molar-refractivity contribution in [1.29, 1.82) is 0 Å². The number of aryl methyl sites for hydroxylation is 1. The predicted octanol–water partition coefficient (Wildman–Crippen LogP) is 5.80. The molecule has 3 aromatic rings. The number of allylic oxidation sites excluding steroid dienone is 5. The molecule has 2 aromatic carbocycles. The summed E-state index contributed by atoms with van der Waals surface area (Å²) < 4.78 is 11.2. The molecule has 0 bridgehead atoms. The van der Waals surface area contributed by atoms with Gasteiger partial charge in [-0.05, 0) is 78.1 Å². The van der Waals surface area contributed by atoms with Gasteiger partial charge in [-0.15, -0.1) is 0 Å². The van der Waals surface area contributed by atoms with Gasteiger partial charge in [-0.1, -0.05) is 42.5 Å². The Morgan fingerprint density at radius 2 is 1.77 bits per heavy atom. The fraction of sp³-hybridized carbons (Fsp3) is 0.167. The number of fused-ring (bicyclic) bond motifs is 1. The minimum Gasteiger partial charge on any atom is -0.496 e. The summed E-state index contributed by atoms with van der Waals surface area (Å²) in [6.07, 6.45) is 11.9. The Labute approximate surface area is 205 Å². The van der Waals surface area contributed by atoms with Gasteiger partial charge >= 0.3 is 0 Å². The van der Waals surface area contributed by atoms with E-state index >= 15 is 0 Å². The second-order valence-corrected chi connectivity index (χ2v) is 8.14. The molecule has 0 amide bonds. The Balaban J connectivity index is 1.36. The number of ether oxygens (including phenoxy) is 2. The number of ketones is 2. The summed E-state index contributed by atoms with van der Waals surface area (Å²) in [5.74, 6) is 0.722. The van der Waals surface area contributed by atoms with Crippen LogP contribution in [0.15, 0.2) is 91.2 Å².